The van der Waals surface area contributed by atoms with Crippen LogP contribution in [0.2, 0.25) is 0 Å². The molecule has 1 aliphatic heterocycles. The monoisotopic (exact) mass is 258 g/mol. The predicted octanol–water partition coefficient (Wildman–Crippen LogP) is 1.28. The van der Waals surface area contributed by atoms with E-state index in [4.69, 9.17) is 0 Å². The molecule has 100 valence electrons. The highest BCUT2D eigenvalue weighted by Gasteiger charge is 2.23. The maximum Gasteiger partial charge on any atom is 0.261 e. The Morgan fingerprint density at radius 1 is 1.47 bits per heavy atom. The van der Waals surface area contributed by atoms with Crippen molar-refractivity contribution in [2.45, 2.75) is 32.4 Å². The van der Waals surface area contributed by atoms with E-state index in [1.54, 1.807) is 29.4 Å². The van der Waals surface area contributed by atoms with Crippen molar-refractivity contribution in [3.63, 3.8) is 0 Å². The summed E-state index contributed by atoms with van der Waals surface area (Å²) in [5.41, 5.74) is 0.706. The van der Waals surface area contributed by atoms with Gasteiger partial charge in [0.25, 0.3) is 5.56 Å². The van der Waals surface area contributed by atoms with Crippen LogP contribution in [-0.2, 0) is 6.54 Å². The predicted molar refractivity (Wildman–Crippen MR) is 74.1 cm³/mol. The number of nitrogens with zero attached hydrogens (tertiary/aromatic N) is 4. The van der Waals surface area contributed by atoms with E-state index in [2.05, 4.69) is 21.8 Å². The Hall–Kier alpha value is -1.75. The van der Waals surface area contributed by atoms with Crippen LogP contribution in [0.5, 0.6) is 0 Å². The first-order valence-corrected chi connectivity index (χ1v) is 6.83. The Morgan fingerprint density at radius 3 is 3.21 bits per heavy atom. The smallest absolute Gasteiger partial charge is 0.261 e. The van der Waals surface area contributed by atoms with Gasteiger partial charge in [0.1, 0.15) is 0 Å². The fourth-order valence-corrected chi connectivity index (χ4v) is 2.88. The Labute approximate surface area is 111 Å². The van der Waals surface area contributed by atoms with Gasteiger partial charge in [0.2, 0.25) is 0 Å². The minimum atomic E-state index is 0.0374. The Bertz CT molecular complexity index is 637. The quantitative estimate of drug-likeness (QED) is 0.832. The first-order chi connectivity index (χ1) is 9.29. The molecule has 0 bridgehead atoms. The average Bonchev–Trinajstić information content (AvgIpc) is 2.89. The summed E-state index contributed by atoms with van der Waals surface area (Å²) in [6.07, 6.45) is 7.31. The summed E-state index contributed by atoms with van der Waals surface area (Å²) < 4.78 is 1.74. The molecule has 0 amide bonds. The molecule has 1 saturated heterocycles. The molecule has 1 unspecified atom stereocenters. The molecule has 0 aliphatic carbocycles. The number of hydrogen-bond donors (Lipinski definition) is 0. The normalized spacial score (nSPS) is 20.2. The summed E-state index contributed by atoms with van der Waals surface area (Å²) in [5, 5.41) is 0.651. The van der Waals surface area contributed by atoms with Crippen LogP contribution < -0.4 is 5.56 Å². The lowest BCUT2D eigenvalue weighted by Gasteiger charge is -2.23. The summed E-state index contributed by atoms with van der Waals surface area (Å²) in [6, 6.07) is 2.21. The van der Waals surface area contributed by atoms with Gasteiger partial charge in [-0.3, -0.25) is 19.2 Å². The molecule has 0 saturated carbocycles. The van der Waals surface area contributed by atoms with Gasteiger partial charge >= 0.3 is 0 Å². The van der Waals surface area contributed by atoms with Gasteiger partial charge in [-0.15, -0.1) is 0 Å². The molecule has 0 radical (unpaired) electrons. The molecule has 3 rings (SSSR count). The molecule has 5 heteroatoms. The number of likely N-dealkylation sites (tertiary alicyclic amines) is 1. The van der Waals surface area contributed by atoms with Crippen LogP contribution in [0.25, 0.3) is 10.9 Å². The van der Waals surface area contributed by atoms with Crippen molar-refractivity contribution in [2.24, 2.45) is 0 Å². The molecule has 0 spiro atoms. The van der Waals surface area contributed by atoms with Crippen molar-refractivity contribution in [3.05, 3.63) is 35.1 Å². The molecule has 2 aromatic heterocycles. The zero-order valence-corrected chi connectivity index (χ0v) is 11.1. The van der Waals surface area contributed by atoms with Crippen LogP contribution >= 0.6 is 0 Å². The Balaban J connectivity index is 1.93. The highest BCUT2D eigenvalue weighted by Crippen LogP contribution is 2.17. The number of pyridine rings is 1. The molecule has 5 nitrogen and oxygen atoms in total. The number of aromatic nitrogens is 3. The van der Waals surface area contributed by atoms with Crippen molar-refractivity contribution >= 4 is 10.9 Å². The maximum atomic E-state index is 12.4. The Morgan fingerprint density at radius 2 is 2.37 bits per heavy atom. The summed E-state index contributed by atoms with van der Waals surface area (Å²) >= 11 is 0. The third-order valence-electron chi connectivity index (χ3n) is 3.94. The highest BCUT2D eigenvalue weighted by atomic mass is 16.1. The number of rotatable bonds is 3. The molecule has 0 N–H and O–H groups in total. The van der Waals surface area contributed by atoms with Crippen LogP contribution in [0.3, 0.4) is 0 Å². The number of likely N-dealkylation sites (N-methyl/N-ethyl adjacent to an activating group) is 1. The minimum absolute atomic E-state index is 0.0374. The van der Waals surface area contributed by atoms with Crippen molar-refractivity contribution in [1.82, 2.24) is 19.4 Å². The Kier molecular flexibility index (Phi) is 3.29. The SMILES string of the molecule is CCN1CCCC1Cn1cnc2cnccc2c1=O. The lowest BCUT2D eigenvalue weighted by molar-refractivity contribution is 0.242. The van der Waals surface area contributed by atoms with E-state index < -0.39 is 0 Å². The first-order valence-electron chi connectivity index (χ1n) is 6.83. The van der Waals surface area contributed by atoms with Crippen LogP contribution in [-0.4, -0.2) is 38.6 Å². The molecule has 1 fully saturated rings. The van der Waals surface area contributed by atoms with Crippen molar-refractivity contribution in [2.75, 3.05) is 13.1 Å². The third kappa shape index (κ3) is 2.26. The average molecular weight is 258 g/mol. The maximum absolute atomic E-state index is 12.4. The molecule has 1 atom stereocenters. The van der Waals surface area contributed by atoms with E-state index in [-0.39, 0.29) is 5.56 Å². The van der Waals surface area contributed by atoms with Crippen molar-refractivity contribution in [3.8, 4) is 0 Å². The van der Waals surface area contributed by atoms with E-state index in [9.17, 15) is 4.79 Å². The summed E-state index contributed by atoms with van der Waals surface area (Å²) in [6.45, 7) is 5.09. The third-order valence-corrected chi connectivity index (χ3v) is 3.94. The van der Waals surface area contributed by atoms with Crippen LogP contribution in [0.15, 0.2) is 29.6 Å². The number of fused-ring (bicyclic) bond motifs is 1. The molecule has 3 heterocycles. The lowest BCUT2D eigenvalue weighted by atomic mass is 10.2. The molecular formula is C14H18N4O. The second-order valence-electron chi connectivity index (χ2n) is 5.02. The summed E-state index contributed by atoms with van der Waals surface area (Å²) in [7, 11) is 0. The van der Waals surface area contributed by atoms with Crippen LogP contribution in [0.4, 0.5) is 0 Å². The van der Waals surface area contributed by atoms with Gasteiger partial charge in [-0.05, 0) is 32.0 Å². The van der Waals surface area contributed by atoms with Gasteiger partial charge in [-0.25, -0.2) is 4.98 Å². The van der Waals surface area contributed by atoms with Gasteiger partial charge < -0.3 is 0 Å². The van der Waals surface area contributed by atoms with Crippen molar-refractivity contribution in [1.29, 1.82) is 0 Å². The van der Waals surface area contributed by atoms with Crippen LogP contribution in [0.1, 0.15) is 19.8 Å². The van der Waals surface area contributed by atoms with Crippen LogP contribution in [0, 0.1) is 0 Å². The fraction of sp³-hybridized carbons (Fsp3) is 0.500. The van der Waals surface area contributed by atoms with E-state index in [0.717, 1.165) is 26.1 Å². The molecular weight excluding hydrogens is 240 g/mol. The standard InChI is InChI=1S/C14H18N4O/c1-2-17-7-3-4-11(17)9-18-10-16-13-8-15-6-5-12(13)14(18)19/h5-6,8,10-11H,2-4,7,9H2,1H3. The largest absolute Gasteiger partial charge is 0.299 e. The van der Waals surface area contributed by atoms with Gasteiger partial charge in [-0.2, -0.15) is 0 Å². The fourth-order valence-electron chi connectivity index (χ4n) is 2.88. The minimum Gasteiger partial charge on any atom is -0.299 e. The van der Waals surface area contributed by atoms with E-state index in [0.29, 0.717) is 16.9 Å². The van der Waals surface area contributed by atoms with Gasteiger partial charge in [-0.1, -0.05) is 6.92 Å². The van der Waals surface area contributed by atoms with E-state index >= 15 is 0 Å². The second-order valence-corrected chi connectivity index (χ2v) is 5.02. The van der Waals surface area contributed by atoms with E-state index in [1.165, 1.54) is 6.42 Å². The van der Waals surface area contributed by atoms with Gasteiger partial charge in [0.05, 0.1) is 23.4 Å². The zero-order valence-electron chi connectivity index (χ0n) is 11.1. The summed E-state index contributed by atoms with van der Waals surface area (Å²) in [5.74, 6) is 0. The second kappa shape index (κ2) is 5.09. The molecule has 2 aromatic rings. The van der Waals surface area contributed by atoms with E-state index in [1.807, 2.05) is 0 Å². The topological polar surface area (TPSA) is 51.0 Å². The summed E-state index contributed by atoms with van der Waals surface area (Å²) in [4.78, 5) is 23.1. The lowest BCUT2D eigenvalue weighted by Crippen LogP contribution is -2.36. The number of hydrogen-bond acceptors (Lipinski definition) is 4. The van der Waals surface area contributed by atoms with Crippen molar-refractivity contribution < 1.29 is 0 Å². The van der Waals surface area contributed by atoms with Gasteiger partial charge in [0, 0.05) is 18.8 Å². The molecule has 1 aliphatic rings. The van der Waals surface area contributed by atoms with Gasteiger partial charge in [0.15, 0.2) is 0 Å². The molecule has 0 aromatic carbocycles. The zero-order chi connectivity index (χ0) is 13.2. The first kappa shape index (κ1) is 12.3. The highest BCUT2D eigenvalue weighted by molar-refractivity contribution is 5.75. The molecule has 19 heavy (non-hydrogen) atoms.